The molecular weight excluding hydrogens is 622 g/mol. The van der Waals surface area contributed by atoms with Crippen LogP contribution >= 0.6 is 11.6 Å². The summed E-state index contributed by atoms with van der Waals surface area (Å²) >= 11 is 6.54. The van der Waals surface area contributed by atoms with Crippen molar-refractivity contribution >= 4 is 17.7 Å². The Morgan fingerprint density at radius 2 is 1.91 bits per heavy atom. The van der Waals surface area contributed by atoms with Gasteiger partial charge in [-0.2, -0.15) is 5.26 Å². The van der Waals surface area contributed by atoms with Gasteiger partial charge in [-0.1, -0.05) is 62.7 Å². The summed E-state index contributed by atoms with van der Waals surface area (Å²) in [6.07, 6.45) is -1.79. The van der Waals surface area contributed by atoms with Gasteiger partial charge in [-0.15, -0.1) is 0 Å². The molecule has 0 bridgehead atoms. The molecule has 1 unspecified atom stereocenters. The van der Waals surface area contributed by atoms with Gasteiger partial charge in [0.05, 0.1) is 23.3 Å². The zero-order valence-corrected chi connectivity index (χ0v) is 26.4. The normalized spacial score (nSPS) is 21.5. The maximum atomic E-state index is 16.4. The number of hydrogen-bond acceptors (Lipinski definition) is 8. The number of benzene rings is 3. The first-order valence-electron chi connectivity index (χ1n) is 14.9. The molecule has 0 saturated carbocycles. The molecule has 46 heavy (non-hydrogen) atoms. The first kappa shape index (κ1) is 33.4. The van der Waals surface area contributed by atoms with Gasteiger partial charge in [-0.25, -0.2) is 13.6 Å². The fraction of sp³-hybridized carbons (Fsp3) is 0.412. The third kappa shape index (κ3) is 6.22. The molecule has 0 aliphatic carbocycles. The van der Waals surface area contributed by atoms with Crippen molar-refractivity contribution in [1.29, 1.82) is 5.26 Å². The van der Waals surface area contributed by atoms with E-state index < -0.39 is 51.5 Å². The van der Waals surface area contributed by atoms with Crippen molar-refractivity contribution in [2.75, 3.05) is 19.8 Å². The Labute approximate surface area is 270 Å². The van der Waals surface area contributed by atoms with Crippen molar-refractivity contribution in [1.82, 2.24) is 0 Å². The van der Waals surface area contributed by atoms with E-state index >= 15 is 8.78 Å². The van der Waals surface area contributed by atoms with Crippen LogP contribution in [0.5, 0.6) is 11.5 Å². The number of carbonyl (C=O) groups excluding carboxylic acids is 1. The minimum Gasteiger partial charge on any atom is -0.488 e. The molecular formula is C34H35ClF2N2O7. The van der Waals surface area contributed by atoms with E-state index in [1.54, 1.807) is 51.1 Å². The number of nitriles is 1. The highest BCUT2D eigenvalue weighted by Gasteiger charge is 2.61. The number of primary amides is 1. The Kier molecular flexibility index (Phi) is 9.75. The first-order chi connectivity index (χ1) is 21.9. The highest BCUT2D eigenvalue weighted by Crippen LogP contribution is 2.59. The van der Waals surface area contributed by atoms with Crippen LogP contribution in [0.1, 0.15) is 62.8 Å². The Hall–Kier alpha value is -3.95. The lowest BCUT2D eigenvalue weighted by Gasteiger charge is -2.44. The Morgan fingerprint density at radius 1 is 1.17 bits per heavy atom. The van der Waals surface area contributed by atoms with Crippen molar-refractivity contribution in [2.45, 2.75) is 64.1 Å². The minimum absolute atomic E-state index is 0.0440. The lowest BCUT2D eigenvalue weighted by Crippen LogP contribution is -2.55. The van der Waals surface area contributed by atoms with E-state index in [2.05, 4.69) is 0 Å². The van der Waals surface area contributed by atoms with Gasteiger partial charge in [0.25, 0.3) is 0 Å². The third-order valence-electron chi connectivity index (χ3n) is 8.07. The standard InChI is InChI=1S/C34H35ClF2N2O7/c1-33(2,3)31(45-32(39)41)34(20-9-5-4-6-10-20)30(40)26-23(46-34)17-21(36)28(35)27(26)25-19(18-38)12-13-22(29(25)37)42-15-16-44-24-11-7-8-14-43-24/h4-6,9-10,12-13,17,24,30-31,40H,7-8,11,14-16H2,1-3H3,(H2,39,41)/t24-,30-,31?,34-/m0/s1. The second-order valence-corrected chi connectivity index (χ2v) is 12.6. The summed E-state index contributed by atoms with van der Waals surface area (Å²) in [6.45, 7) is 5.91. The molecule has 0 aromatic heterocycles. The number of rotatable bonds is 9. The second-order valence-electron chi connectivity index (χ2n) is 12.2. The molecule has 3 aromatic rings. The number of aliphatic hydroxyl groups is 1. The van der Waals surface area contributed by atoms with Gasteiger partial charge in [-0.3, -0.25) is 0 Å². The fourth-order valence-corrected chi connectivity index (χ4v) is 6.39. The molecule has 3 N–H and O–H groups in total. The van der Waals surface area contributed by atoms with E-state index in [9.17, 15) is 15.2 Å². The van der Waals surface area contributed by atoms with E-state index in [1.807, 2.05) is 6.07 Å². The zero-order chi connectivity index (χ0) is 33.2. The van der Waals surface area contributed by atoms with Gasteiger partial charge in [-0.05, 0) is 31.4 Å². The van der Waals surface area contributed by atoms with Crippen LogP contribution < -0.4 is 15.2 Å². The summed E-state index contributed by atoms with van der Waals surface area (Å²) in [5.74, 6) is -2.44. The first-order valence-corrected chi connectivity index (χ1v) is 15.3. The summed E-state index contributed by atoms with van der Waals surface area (Å²) in [7, 11) is 0. The molecule has 2 aliphatic rings. The molecule has 9 nitrogen and oxygen atoms in total. The molecule has 244 valence electrons. The topological polar surface area (TPSA) is 133 Å². The summed E-state index contributed by atoms with van der Waals surface area (Å²) < 4.78 is 60.9. The molecule has 3 aromatic carbocycles. The average molecular weight is 657 g/mol. The Morgan fingerprint density at radius 3 is 2.54 bits per heavy atom. The fourth-order valence-electron chi connectivity index (χ4n) is 6.14. The quantitative estimate of drug-likeness (QED) is 0.237. The molecule has 4 atom stereocenters. The lowest BCUT2D eigenvalue weighted by molar-refractivity contribution is -0.165. The maximum Gasteiger partial charge on any atom is 0.404 e. The van der Waals surface area contributed by atoms with Gasteiger partial charge in [0.15, 0.2) is 24.0 Å². The van der Waals surface area contributed by atoms with Gasteiger partial charge in [0, 0.05) is 40.3 Å². The van der Waals surface area contributed by atoms with Gasteiger partial charge in [0.2, 0.25) is 5.60 Å². The van der Waals surface area contributed by atoms with Crippen molar-refractivity contribution < 1.29 is 42.4 Å². The number of amides is 1. The van der Waals surface area contributed by atoms with Crippen LogP contribution in [0, 0.1) is 28.4 Å². The molecule has 2 aliphatic heterocycles. The second kappa shape index (κ2) is 13.4. The van der Waals surface area contributed by atoms with Crippen LogP contribution in [0.3, 0.4) is 0 Å². The summed E-state index contributed by atoms with van der Waals surface area (Å²) in [4.78, 5) is 12.2. The monoisotopic (exact) mass is 656 g/mol. The number of carbonyl (C=O) groups is 1. The van der Waals surface area contributed by atoms with Crippen LogP contribution in [-0.2, 0) is 19.8 Å². The van der Waals surface area contributed by atoms with E-state index in [0.717, 1.165) is 25.3 Å². The van der Waals surface area contributed by atoms with Crippen LogP contribution in [0.4, 0.5) is 13.6 Å². The van der Waals surface area contributed by atoms with Gasteiger partial charge in [0.1, 0.15) is 24.3 Å². The van der Waals surface area contributed by atoms with Crippen LogP contribution in [0.15, 0.2) is 48.5 Å². The van der Waals surface area contributed by atoms with Gasteiger partial charge < -0.3 is 34.5 Å². The van der Waals surface area contributed by atoms with E-state index in [4.69, 9.17) is 41.0 Å². The SMILES string of the molecule is CC(C)(C)C(OC(N)=O)[C@@]1(c2ccccc2)Oc2cc(F)c(Cl)c(-c3c(C#N)ccc(OCCO[C@H]4CCCCO4)c3F)c2[C@@H]1O. The largest absolute Gasteiger partial charge is 0.488 e. The molecule has 1 saturated heterocycles. The molecule has 5 rings (SSSR count). The highest BCUT2D eigenvalue weighted by atomic mass is 35.5. The number of aliphatic hydroxyl groups excluding tert-OH is 1. The Balaban J connectivity index is 1.63. The van der Waals surface area contributed by atoms with E-state index in [0.29, 0.717) is 12.2 Å². The third-order valence-corrected chi connectivity index (χ3v) is 8.44. The van der Waals surface area contributed by atoms with Crippen molar-refractivity contribution in [3.05, 3.63) is 81.9 Å². The number of nitrogens with two attached hydrogens (primary N) is 1. The Bertz CT molecular complexity index is 1640. The predicted octanol–water partition coefficient (Wildman–Crippen LogP) is 6.91. The predicted molar refractivity (Wildman–Crippen MR) is 164 cm³/mol. The van der Waals surface area contributed by atoms with Crippen molar-refractivity contribution in [2.24, 2.45) is 11.1 Å². The average Bonchev–Trinajstić information content (AvgIpc) is 3.31. The maximum absolute atomic E-state index is 16.4. The lowest BCUT2D eigenvalue weighted by atomic mass is 9.71. The molecule has 0 spiro atoms. The van der Waals surface area contributed by atoms with E-state index in [1.165, 1.54) is 12.1 Å². The number of ether oxygens (including phenoxy) is 5. The zero-order valence-electron chi connectivity index (χ0n) is 25.6. The molecule has 2 heterocycles. The molecule has 1 fully saturated rings. The summed E-state index contributed by atoms with van der Waals surface area (Å²) in [6, 6.07) is 13.9. The van der Waals surface area contributed by atoms with Crippen molar-refractivity contribution in [3.8, 4) is 28.7 Å². The van der Waals surface area contributed by atoms with Crippen LogP contribution in [0.2, 0.25) is 5.02 Å². The van der Waals surface area contributed by atoms with Crippen LogP contribution in [-0.4, -0.2) is 43.4 Å². The smallest absolute Gasteiger partial charge is 0.404 e. The highest BCUT2D eigenvalue weighted by molar-refractivity contribution is 6.34. The molecule has 1 amide bonds. The van der Waals surface area contributed by atoms with E-state index in [-0.39, 0.29) is 47.7 Å². The number of hydrogen-bond donors (Lipinski definition) is 2. The molecule has 12 heteroatoms. The van der Waals surface area contributed by atoms with Crippen molar-refractivity contribution in [3.63, 3.8) is 0 Å². The summed E-state index contributed by atoms with van der Waals surface area (Å²) in [5.41, 5.74) is 2.05. The number of halogens is 3. The van der Waals surface area contributed by atoms with Gasteiger partial charge >= 0.3 is 6.09 Å². The molecule has 0 radical (unpaired) electrons. The number of nitrogens with zero attached hydrogens (tertiary/aromatic N) is 1. The van der Waals surface area contributed by atoms with Crippen LogP contribution in [0.25, 0.3) is 11.1 Å². The summed E-state index contributed by atoms with van der Waals surface area (Å²) in [5, 5.41) is 21.7. The minimum atomic E-state index is -1.89. The number of fused-ring (bicyclic) bond motifs is 1.